The Morgan fingerprint density at radius 3 is 2.50 bits per heavy atom. The van der Waals surface area contributed by atoms with Gasteiger partial charge in [-0.05, 0) is 35.6 Å². The fourth-order valence-corrected chi connectivity index (χ4v) is 3.09. The normalized spacial score (nSPS) is 18.2. The first-order valence-electron chi connectivity index (χ1n) is 6.74. The van der Waals surface area contributed by atoms with Gasteiger partial charge in [0, 0.05) is 0 Å². The molecule has 1 fully saturated rings. The molecule has 0 amide bonds. The summed E-state index contributed by atoms with van der Waals surface area (Å²) < 4.78 is 38.2. The molecule has 5 heteroatoms. The molecule has 1 aliphatic rings. The van der Waals surface area contributed by atoms with Gasteiger partial charge in [-0.25, -0.2) is 0 Å². The molecule has 20 heavy (non-hydrogen) atoms. The summed E-state index contributed by atoms with van der Waals surface area (Å²) in [5.74, 6) is -0.251. The lowest BCUT2D eigenvalue weighted by Crippen LogP contribution is -2.13. The van der Waals surface area contributed by atoms with Crippen LogP contribution in [-0.2, 0) is 11.0 Å². The minimum atomic E-state index is -4.40. The average Bonchev–Trinajstić information content (AvgIpc) is 2.87. The van der Waals surface area contributed by atoms with Gasteiger partial charge in [-0.15, -0.1) is 0 Å². The Morgan fingerprint density at radius 1 is 1.30 bits per heavy atom. The maximum Gasteiger partial charge on any atom is 0.416 e. The molecule has 0 radical (unpaired) electrons. The summed E-state index contributed by atoms with van der Waals surface area (Å²) in [4.78, 5) is 11.6. The van der Waals surface area contributed by atoms with Crippen LogP contribution in [0.2, 0.25) is 0 Å². The molecule has 0 saturated heterocycles. The number of rotatable bonds is 4. The highest BCUT2D eigenvalue weighted by Gasteiger charge is 2.32. The van der Waals surface area contributed by atoms with Crippen molar-refractivity contribution in [1.29, 1.82) is 0 Å². The summed E-state index contributed by atoms with van der Waals surface area (Å²) >= 11 is 5.60. The topological polar surface area (TPSA) is 17.1 Å². The molecular formula is C15H16ClF3O. The lowest BCUT2D eigenvalue weighted by molar-refractivity contribution is -0.137. The molecule has 1 nitrogen and oxygen atoms in total. The third kappa shape index (κ3) is 3.75. The molecule has 0 bridgehead atoms. The smallest absolute Gasteiger partial charge is 0.281 e. The van der Waals surface area contributed by atoms with Crippen LogP contribution in [0.4, 0.5) is 13.2 Å². The minimum absolute atomic E-state index is 0.367. The summed E-state index contributed by atoms with van der Waals surface area (Å²) in [7, 11) is 0. The first-order valence-corrected chi connectivity index (χ1v) is 7.12. The summed E-state index contributed by atoms with van der Waals surface area (Å²) in [6.07, 6.45) is 0.444. The van der Waals surface area contributed by atoms with E-state index in [0.717, 1.165) is 37.8 Å². The number of benzene rings is 1. The molecule has 0 spiro atoms. The van der Waals surface area contributed by atoms with Gasteiger partial charge in [0.2, 0.25) is 5.24 Å². The molecule has 1 aliphatic carbocycles. The first kappa shape index (κ1) is 15.4. The van der Waals surface area contributed by atoms with Crippen LogP contribution in [0.25, 0.3) is 0 Å². The highest BCUT2D eigenvalue weighted by molar-refractivity contribution is 6.64. The van der Waals surface area contributed by atoms with Crippen LogP contribution in [0.5, 0.6) is 0 Å². The lowest BCUT2D eigenvalue weighted by atomic mass is 9.88. The van der Waals surface area contributed by atoms with E-state index >= 15 is 0 Å². The van der Waals surface area contributed by atoms with E-state index in [9.17, 15) is 18.0 Å². The molecule has 0 aliphatic heterocycles. The fourth-order valence-electron chi connectivity index (χ4n) is 2.87. The van der Waals surface area contributed by atoms with E-state index in [0.29, 0.717) is 17.9 Å². The predicted octanol–water partition coefficient (Wildman–Crippen LogP) is 5.13. The largest absolute Gasteiger partial charge is 0.416 e. The molecule has 0 N–H and O–H groups in total. The van der Waals surface area contributed by atoms with E-state index in [1.807, 2.05) is 0 Å². The van der Waals surface area contributed by atoms with Crippen molar-refractivity contribution in [3.63, 3.8) is 0 Å². The van der Waals surface area contributed by atoms with Gasteiger partial charge in [0.1, 0.15) is 0 Å². The summed E-state index contributed by atoms with van der Waals surface area (Å²) in [6.45, 7) is 0. The standard InChI is InChI=1S/C15H16ClF3O/c16-14(20)13(8-10-4-1-2-5-10)11-6-3-7-12(9-11)15(17,18)19/h3,6-7,9-10,13H,1-2,4-5,8H2. The third-order valence-electron chi connectivity index (χ3n) is 3.93. The van der Waals surface area contributed by atoms with Crippen molar-refractivity contribution in [2.45, 2.75) is 44.2 Å². The number of alkyl halides is 3. The van der Waals surface area contributed by atoms with E-state index in [2.05, 4.69) is 0 Å². The van der Waals surface area contributed by atoms with Crippen LogP contribution in [-0.4, -0.2) is 5.24 Å². The molecule has 0 aromatic heterocycles. The van der Waals surface area contributed by atoms with Crippen LogP contribution in [0.1, 0.15) is 49.1 Å². The van der Waals surface area contributed by atoms with Gasteiger partial charge >= 0.3 is 6.18 Å². The van der Waals surface area contributed by atoms with Gasteiger partial charge in [0.05, 0.1) is 11.5 Å². The number of halogens is 4. The van der Waals surface area contributed by atoms with Crippen LogP contribution in [0.3, 0.4) is 0 Å². The predicted molar refractivity (Wildman–Crippen MR) is 71.6 cm³/mol. The van der Waals surface area contributed by atoms with Crippen LogP contribution in [0.15, 0.2) is 24.3 Å². The number of carbonyl (C=O) groups excluding carboxylic acids is 1. The van der Waals surface area contributed by atoms with Gasteiger partial charge in [-0.1, -0.05) is 43.9 Å². The Kier molecular flexibility index (Phi) is 4.74. The zero-order valence-corrected chi connectivity index (χ0v) is 11.7. The van der Waals surface area contributed by atoms with E-state index in [1.165, 1.54) is 6.07 Å². The maximum atomic E-state index is 12.7. The highest BCUT2D eigenvalue weighted by Crippen LogP contribution is 2.37. The quantitative estimate of drug-likeness (QED) is 0.704. The Balaban J connectivity index is 2.22. The zero-order valence-electron chi connectivity index (χ0n) is 10.9. The number of carbonyl (C=O) groups is 1. The molecule has 110 valence electrons. The van der Waals surface area contributed by atoms with Gasteiger partial charge in [0.25, 0.3) is 0 Å². The zero-order chi connectivity index (χ0) is 14.8. The Hall–Kier alpha value is -1.03. The van der Waals surface area contributed by atoms with Crippen molar-refractivity contribution in [3.05, 3.63) is 35.4 Å². The Labute approximate surface area is 121 Å². The molecule has 2 rings (SSSR count). The van der Waals surface area contributed by atoms with Crippen LogP contribution < -0.4 is 0 Å². The lowest BCUT2D eigenvalue weighted by Gasteiger charge is -2.18. The van der Waals surface area contributed by atoms with E-state index in [4.69, 9.17) is 11.6 Å². The summed E-state index contributed by atoms with van der Waals surface area (Å²) in [6, 6.07) is 4.93. The van der Waals surface area contributed by atoms with Crippen molar-refractivity contribution in [2.24, 2.45) is 5.92 Å². The van der Waals surface area contributed by atoms with Crippen molar-refractivity contribution in [2.75, 3.05) is 0 Å². The molecule has 1 aromatic carbocycles. The second kappa shape index (κ2) is 6.17. The fraction of sp³-hybridized carbons (Fsp3) is 0.533. The highest BCUT2D eigenvalue weighted by atomic mass is 35.5. The van der Waals surface area contributed by atoms with E-state index < -0.39 is 22.9 Å². The van der Waals surface area contributed by atoms with Crippen LogP contribution >= 0.6 is 11.6 Å². The van der Waals surface area contributed by atoms with Gasteiger partial charge < -0.3 is 0 Å². The first-order chi connectivity index (χ1) is 9.38. The second-order valence-electron chi connectivity index (χ2n) is 5.37. The van der Waals surface area contributed by atoms with Crippen molar-refractivity contribution in [3.8, 4) is 0 Å². The van der Waals surface area contributed by atoms with Gasteiger partial charge in [0.15, 0.2) is 0 Å². The van der Waals surface area contributed by atoms with Crippen LogP contribution in [0, 0.1) is 5.92 Å². The number of hydrogen-bond donors (Lipinski definition) is 0. The van der Waals surface area contributed by atoms with Gasteiger partial charge in [-0.2, -0.15) is 13.2 Å². The Morgan fingerprint density at radius 2 is 1.95 bits per heavy atom. The molecular weight excluding hydrogens is 289 g/mol. The monoisotopic (exact) mass is 304 g/mol. The van der Waals surface area contributed by atoms with E-state index in [1.54, 1.807) is 6.07 Å². The molecule has 0 heterocycles. The van der Waals surface area contributed by atoms with Gasteiger partial charge in [-0.3, -0.25) is 4.79 Å². The summed E-state index contributed by atoms with van der Waals surface area (Å²) in [5, 5.41) is -0.573. The molecule has 1 unspecified atom stereocenters. The summed E-state index contributed by atoms with van der Waals surface area (Å²) in [5.41, 5.74) is -0.365. The van der Waals surface area contributed by atoms with Crippen molar-refractivity contribution >= 4 is 16.8 Å². The molecule has 1 atom stereocenters. The number of hydrogen-bond acceptors (Lipinski definition) is 1. The second-order valence-corrected chi connectivity index (χ2v) is 5.74. The van der Waals surface area contributed by atoms with Crippen molar-refractivity contribution < 1.29 is 18.0 Å². The molecule has 1 saturated carbocycles. The maximum absolute atomic E-state index is 12.7. The van der Waals surface area contributed by atoms with E-state index in [-0.39, 0.29) is 0 Å². The third-order valence-corrected chi connectivity index (χ3v) is 4.20. The van der Waals surface area contributed by atoms with Crippen molar-refractivity contribution in [1.82, 2.24) is 0 Å². The Bertz CT molecular complexity index is 478. The minimum Gasteiger partial charge on any atom is -0.281 e. The SMILES string of the molecule is O=C(Cl)C(CC1CCCC1)c1cccc(C(F)(F)F)c1. The molecule has 1 aromatic rings. The average molecular weight is 305 g/mol.